The summed E-state index contributed by atoms with van der Waals surface area (Å²) in [4.78, 5) is 28.5. The Bertz CT molecular complexity index is 1090. The number of benzene rings is 2. The van der Waals surface area contributed by atoms with Gasteiger partial charge in [0.05, 0.1) is 5.57 Å². The molecule has 146 valence electrons. The van der Waals surface area contributed by atoms with Gasteiger partial charge in [0, 0.05) is 22.1 Å². The van der Waals surface area contributed by atoms with Crippen molar-refractivity contribution in [3.8, 4) is 0 Å². The van der Waals surface area contributed by atoms with Crippen molar-refractivity contribution in [2.45, 2.75) is 13.3 Å². The average molecular weight is 423 g/mol. The molecule has 0 spiro atoms. The number of halogens is 1. The van der Waals surface area contributed by atoms with Crippen molar-refractivity contribution in [3.63, 3.8) is 0 Å². The van der Waals surface area contributed by atoms with Crippen LogP contribution < -0.4 is 5.32 Å². The topological polar surface area (TPSA) is 49.4 Å². The third kappa shape index (κ3) is 3.97. The highest BCUT2D eigenvalue weighted by molar-refractivity contribution is 7.11. The lowest BCUT2D eigenvalue weighted by Crippen LogP contribution is -2.34. The molecule has 6 heteroatoms. The molecular formula is C23H19ClN2O2S. The predicted molar refractivity (Wildman–Crippen MR) is 118 cm³/mol. The summed E-state index contributed by atoms with van der Waals surface area (Å²) >= 11 is 7.57. The maximum absolute atomic E-state index is 13.2. The molecule has 1 aliphatic rings. The van der Waals surface area contributed by atoms with Gasteiger partial charge in [0.1, 0.15) is 5.70 Å². The standard InChI is InChI=1S/C23H19ClN2O2S/c1-15-9-10-17(24)14-18(15)25-21-20(19-8-5-13-29-19)22(27)26(23(21)28)12-11-16-6-3-2-4-7-16/h2-10,13-14,25H,11-12H2,1H3. The van der Waals surface area contributed by atoms with Gasteiger partial charge in [0.2, 0.25) is 0 Å². The third-order valence-electron chi connectivity index (χ3n) is 4.86. The van der Waals surface area contributed by atoms with Gasteiger partial charge < -0.3 is 5.32 Å². The number of nitrogens with zero attached hydrogens (tertiary/aromatic N) is 1. The van der Waals surface area contributed by atoms with Crippen LogP contribution >= 0.6 is 22.9 Å². The van der Waals surface area contributed by atoms with Crippen molar-refractivity contribution >= 4 is 46.0 Å². The van der Waals surface area contributed by atoms with Crippen molar-refractivity contribution in [2.75, 3.05) is 11.9 Å². The molecule has 0 fully saturated rings. The molecule has 2 aromatic carbocycles. The highest BCUT2D eigenvalue weighted by Gasteiger charge is 2.39. The first-order valence-corrected chi connectivity index (χ1v) is 10.5. The van der Waals surface area contributed by atoms with Crippen LogP contribution in [0.3, 0.4) is 0 Å². The zero-order chi connectivity index (χ0) is 20.4. The minimum absolute atomic E-state index is 0.268. The molecule has 0 radical (unpaired) electrons. The van der Waals surface area contributed by atoms with Crippen LogP contribution in [0.2, 0.25) is 5.02 Å². The fourth-order valence-electron chi connectivity index (χ4n) is 3.29. The van der Waals surface area contributed by atoms with Crippen LogP contribution in [-0.4, -0.2) is 23.3 Å². The van der Waals surface area contributed by atoms with E-state index in [1.807, 2.05) is 60.8 Å². The number of hydrogen-bond donors (Lipinski definition) is 1. The minimum atomic E-state index is -0.311. The van der Waals surface area contributed by atoms with E-state index in [1.54, 1.807) is 12.1 Å². The Kier molecular flexibility index (Phi) is 5.51. The van der Waals surface area contributed by atoms with Crippen molar-refractivity contribution < 1.29 is 9.59 Å². The Balaban J connectivity index is 1.66. The molecule has 1 N–H and O–H groups in total. The van der Waals surface area contributed by atoms with Gasteiger partial charge in [-0.1, -0.05) is 54.1 Å². The summed E-state index contributed by atoms with van der Waals surface area (Å²) in [5.74, 6) is -0.579. The second kappa shape index (κ2) is 8.23. The number of aryl methyl sites for hydroxylation is 1. The number of carbonyl (C=O) groups is 2. The van der Waals surface area contributed by atoms with Gasteiger partial charge in [0.25, 0.3) is 11.8 Å². The highest BCUT2D eigenvalue weighted by atomic mass is 35.5. The number of nitrogens with one attached hydrogen (secondary N) is 1. The van der Waals surface area contributed by atoms with E-state index in [0.717, 1.165) is 16.0 Å². The van der Waals surface area contributed by atoms with Crippen molar-refractivity contribution in [2.24, 2.45) is 0 Å². The molecule has 1 aliphatic heterocycles. The Morgan fingerprint density at radius 1 is 1.00 bits per heavy atom. The zero-order valence-electron chi connectivity index (χ0n) is 15.8. The number of thiophene rings is 1. The van der Waals surface area contributed by atoms with E-state index in [-0.39, 0.29) is 11.8 Å². The summed E-state index contributed by atoms with van der Waals surface area (Å²) in [7, 11) is 0. The van der Waals surface area contributed by atoms with E-state index in [9.17, 15) is 9.59 Å². The summed E-state index contributed by atoms with van der Waals surface area (Å²) in [6.07, 6.45) is 0.611. The molecule has 0 atom stereocenters. The van der Waals surface area contributed by atoms with Gasteiger partial charge in [-0.2, -0.15) is 0 Å². The van der Waals surface area contributed by atoms with Crippen LogP contribution in [0, 0.1) is 6.92 Å². The van der Waals surface area contributed by atoms with Gasteiger partial charge in [-0.25, -0.2) is 0 Å². The molecule has 3 aromatic rings. The lowest BCUT2D eigenvalue weighted by Gasteiger charge is -2.15. The number of imide groups is 1. The molecule has 4 nitrogen and oxygen atoms in total. The quantitative estimate of drug-likeness (QED) is 0.559. The molecule has 0 unspecified atom stereocenters. The molecule has 0 saturated heterocycles. The summed E-state index contributed by atoms with van der Waals surface area (Å²) in [5.41, 5.74) is 3.45. The lowest BCUT2D eigenvalue weighted by atomic mass is 10.1. The number of rotatable bonds is 6. The summed E-state index contributed by atoms with van der Waals surface area (Å²) < 4.78 is 0. The van der Waals surface area contributed by atoms with E-state index < -0.39 is 0 Å². The molecule has 4 rings (SSSR count). The largest absolute Gasteiger partial charge is 0.350 e. The maximum atomic E-state index is 13.2. The molecule has 2 amide bonds. The summed E-state index contributed by atoms with van der Waals surface area (Å²) in [6, 6.07) is 19.0. The number of hydrogen-bond acceptors (Lipinski definition) is 4. The monoisotopic (exact) mass is 422 g/mol. The second-order valence-electron chi connectivity index (χ2n) is 6.81. The first-order valence-electron chi connectivity index (χ1n) is 9.26. The number of carbonyl (C=O) groups excluding carboxylic acids is 2. The number of amides is 2. The van der Waals surface area contributed by atoms with Crippen LogP contribution in [-0.2, 0) is 16.0 Å². The predicted octanol–water partition coefficient (Wildman–Crippen LogP) is 5.14. The molecule has 1 aromatic heterocycles. The molecular weight excluding hydrogens is 404 g/mol. The van der Waals surface area contributed by atoms with Crippen LogP contribution in [0.5, 0.6) is 0 Å². The third-order valence-corrected chi connectivity index (χ3v) is 5.98. The summed E-state index contributed by atoms with van der Waals surface area (Å²) in [5, 5.41) is 5.65. The Hall–Kier alpha value is -2.89. The smallest absolute Gasteiger partial charge is 0.278 e. The van der Waals surface area contributed by atoms with Gasteiger partial charge >= 0.3 is 0 Å². The van der Waals surface area contributed by atoms with Crippen LogP contribution in [0.4, 0.5) is 5.69 Å². The van der Waals surface area contributed by atoms with Gasteiger partial charge in [0.15, 0.2) is 0 Å². The first kappa shape index (κ1) is 19.4. The van der Waals surface area contributed by atoms with Crippen LogP contribution in [0.25, 0.3) is 5.57 Å². The van der Waals surface area contributed by atoms with E-state index in [2.05, 4.69) is 5.32 Å². The molecule has 0 aliphatic carbocycles. The van der Waals surface area contributed by atoms with Gasteiger partial charge in [-0.3, -0.25) is 14.5 Å². The van der Waals surface area contributed by atoms with Crippen molar-refractivity contribution in [1.82, 2.24) is 4.90 Å². The van der Waals surface area contributed by atoms with Gasteiger partial charge in [-0.05, 0) is 48.1 Å². The SMILES string of the molecule is Cc1ccc(Cl)cc1NC1=C(c2cccs2)C(=O)N(CCc2ccccc2)C1=O. The molecule has 2 heterocycles. The fraction of sp³-hybridized carbons (Fsp3) is 0.130. The van der Waals surface area contributed by atoms with E-state index in [0.29, 0.717) is 34.9 Å². The first-order chi connectivity index (χ1) is 14.0. The molecule has 0 bridgehead atoms. The fourth-order valence-corrected chi connectivity index (χ4v) is 4.23. The Morgan fingerprint density at radius 2 is 1.79 bits per heavy atom. The maximum Gasteiger partial charge on any atom is 0.278 e. The van der Waals surface area contributed by atoms with Crippen molar-refractivity contribution in [3.05, 3.63) is 92.8 Å². The highest BCUT2D eigenvalue weighted by Crippen LogP contribution is 2.34. The minimum Gasteiger partial charge on any atom is -0.350 e. The zero-order valence-corrected chi connectivity index (χ0v) is 17.4. The number of anilines is 1. The lowest BCUT2D eigenvalue weighted by molar-refractivity contribution is -0.136. The molecule has 29 heavy (non-hydrogen) atoms. The van der Waals surface area contributed by atoms with E-state index in [4.69, 9.17) is 11.6 Å². The van der Waals surface area contributed by atoms with E-state index >= 15 is 0 Å². The Morgan fingerprint density at radius 3 is 2.52 bits per heavy atom. The van der Waals surface area contributed by atoms with E-state index in [1.165, 1.54) is 16.2 Å². The van der Waals surface area contributed by atoms with Crippen LogP contribution in [0.1, 0.15) is 16.0 Å². The van der Waals surface area contributed by atoms with Crippen LogP contribution in [0.15, 0.2) is 71.7 Å². The average Bonchev–Trinajstić information content (AvgIpc) is 3.32. The Labute approximate surface area is 178 Å². The normalized spacial score (nSPS) is 14.1. The molecule has 0 saturated carbocycles. The van der Waals surface area contributed by atoms with Gasteiger partial charge in [-0.15, -0.1) is 11.3 Å². The summed E-state index contributed by atoms with van der Waals surface area (Å²) in [6.45, 7) is 2.26. The second-order valence-corrected chi connectivity index (χ2v) is 8.19. The van der Waals surface area contributed by atoms with Crippen molar-refractivity contribution in [1.29, 1.82) is 0 Å².